The lowest BCUT2D eigenvalue weighted by Crippen LogP contribution is -2.26. The molecule has 0 aromatic heterocycles. The Kier molecular flexibility index (Phi) is 6.00. The van der Waals surface area contributed by atoms with Gasteiger partial charge in [-0.1, -0.05) is 67.6 Å². The zero-order valence-corrected chi connectivity index (χ0v) is 15.2. The fourth-order valence-electron chi connectivity index (χ4n) is 3.46. The summed E-state index contributed by atoms with van der Waals surface area (Å²) in [7, 11) is 0. The molecular weight excluding hydrogens is 322 g/mol. The van der Waals surface area contributed by atoms with E-state index in [-0.39, 0.29) is 17.5 Å². The van der Waals surface area contributed by atoms with Crippen LogP contribution in [0, 0.1) is 0 Å². The third-order valence-electron chi connectivity index (χ3n) is 4.78. The van der Waals surface area contributed by atoms with Crippen LogP contribution in [0.3, 0.4) is 0 Å². The number of ketones is 1. The minimum Gasteiger partial charge on any atom is -0.511 e. The van der Waals surface area contributed by atoms with E-state index in [4.69, 9.17) is 4.99 Å². The molecular formula is C23H25NO2. The number of hydrogen-bond acceptors (Lipinski definition) is 3. The number of aliphatic imine (C=N–C) groups is 1. The molecule has 0 heterocycles. The number of aliphatic hydroxyl groups is 1. The predicted octanol–water partition coefficient (Wildman–Crippen LogP) is 5.39. The first-order chi connectivity index (χ1) is 12.7. The van der Waals surface area contributed by atoms with Gasteiger partial charge >= 0.3 is 0 Å². The van der Waals surface area contributed by atoms with E-state index in [0.29, 0.717) is 31.4 Å². The van der Waals surface area contributed by atoms with Crippen LogP contribution >= 0.6 is 0 Å². The highest BCUT2D eigenvalue weighted by molar-refractivity contribution is 6.24. The number of nitrogens with zero attached hydrogens (tertiary/aromatic N) is 1. The number of hydrogen-bond donors (Lipinski definition) is 1. The van der Waals surface area contributed by atoms with Crippen LogP contribution in [0.25, 0.3) is 0 Å². The Morgan fingerprint density at radius 2 is 1.69 bits per heavy atom. The van der Waals surface area contributed by atoms with E-state index >= 15 is 0 Å². The van der Waals surface area contributed by atoms with Crippen molar-refractivity contribution in [1.29, 1.82) is 0 Å². The van der Waals surface area contributed by atoms with Crippen LogP contribution in [-0.2, 0) is 11.3 Å². The molecule has 1 aliphatic rings. The van der Waals surface area contributed by atoms with E-state index in [1.54, 1.807) is 0 Å². The number of Topliss-reactive ketones (excluding diaryl/α,β-unsaturated/α-hetero) is 1. The summed E-state index contributed by atoms with van der Waals surface area (Å²) >= 11 is 0. The highest BCUT2D eigenvalue weighted by atomic mass is 16.3. The first-order valence-corrected chi connectivity index (χ1v) is 9.27. The van der Waals surface area contributed by atoms with Gasteiger partial charge in [-0.05, 0) is 29.9 Å². The standard InChI is InChI=1S/C23H25NO2/c1-2-9-21(25)23-20(24-16-17-10-5-3-6-11-17)14-19(15-22(23)26)18-12-7-4-8-13-18/h3-8,10-13,19,25H,2,9,14-16H2,1H3/b23-21-,24-20?. The number of aliphatic hydroxyl groups excluding tert-OH is 1. The van der Waals surface area contributed by atoms with Gasteiger partial charge in [0.1, 0.15) is 5.76 Å². The molecule has 0 bridgehead atoms. The monoisotopic (exact) mass is 347 g/mol. The van der Waals surface area contributed by atoms with Crippen molar-refractivity contribution in [2.24, 2.45) is 4.99 Å². The average Bonchev–Trinajstić information content (AvgIpc) is 2.67. The largest absolute Gasteiger partial charge is 0.511 e. The van der Waals surface area contributed by atoms with E-state index in [1.165, 1.54) is 0 Å². The molecule has 0 radical (unpaired) electrons. The Balaban J connectivity index is 1.92. The van der Waals surface area contributed by atoms with Gasteiger partial charge in [-0.3, -0.25) is 9.79 Å². The van der Waals surface area contributed by atoms with Crippen molar-refractivity contribution in [1.82, 2.24) is 0 Å². The molecule has 1 fully saturated rings. The maximum absolute atomic E-state index is 12.8. The van der Waals surface area contributed by atoms with Gasteiger partial charge in [0, 0.05) is 12.8 Å². The number of benzene rings is 2. The fraction of sp³-hybridized carbons (Fsp3) is 0.304. The van der Waals surface area contributed by atoms with Crippen molar-refractivity contribution in [3.8, 4) is 0 Å². The van der Waals surface area contributed by atoms with Crippen molar-refractivity contribution in [3.63, 3.8) is 0 Å². The molecule has 1 unspecified atom stereocenters. The van der Waals surface area contributed by atoms with Crippen molar-refractivity contribution >= 4 is 11.5 Å². The summed E-state index contributed by atoms with van der Waals surface area (Å²) in [6.45, 7) is 2.52. The van der Waals surface area contributed by atoms with Crippen molar-refractivity contribution < 1.29 is 9.90 Å². The number of carbonyl (C=O) groups excluding carboxylic acids is 1. The second-order valence-electron chi connectivity index (χ2n) is 6.76. The molecule has 3 heteroatoms. The van der Waals surface area contributed by atoms with Gasteiger partial charge in [-0.15, -0.1) is 0 Å². The van der Waals surface area contributed by atoms with Crippen LogP contribution < -0.4 is 0 Å². The summed E-state index contributed by atoms with van der Waals surface area (Å²) in [6.07, 6.45) is 2.43. The average molecular weight is 347 g/mol. The van der Waals surface area contributed by atoms with E-state index in [1.807, 2.05) is 55.5 Å². The topological polar surface area (TPSA) is 49.7 Å². The van der Waals surface area contributed by atoms with Gasteiger partial charge in [-0.2, -0.15) is 0 Å². The first kappa shape index (κ1) is 18.1. The summed E-state index contributed by atoms with van der Waals surface area (Å²) in [5.41, 5.74) is 3.45. The molecule has 0 amide bonds. The van der Waals surface area contributed by atoms with Gasteiger partial charge in [0.05, 0.1) is 17.8 Å². The molecule has 3 nitrogen and oxygen atoms in total. The molecule has 1 saturated carbocycles. The van der Waals surface area contributed by atoms with Gasteiger partial charge in [0.15, 0.2) is 5.78 Å². The number of carbonyl (C=O) groups is 1. The lowest BCUT2D eigenvalue weighted by Gasteiger charge is -2.26. The molecule has 2 aromatic rings. The zero-order valence-electron chi connectivity index (χ0n) is 15.2. The van der Waals surface area contributed by atoms with Crippen LogP contribution in [0.15, 0.2) is 77.0 Å². The summed E-state index contributed by atoms with van der Waals surface area (Å²) < 4.78 is 0. The second-order valence-corrected chi connectivity index (χ2v) is 6.76. The smallest absolute Gasteiger partial charge is 0.168 e. The minimum atomic E-state index is 0.00265. The van der Waals surface area contributed by atoms with Crippen LogP contribution in [0.4, 0.5) is 0 Å². The van der Waals surface area contributed by atoms with Gasteiger partial charge < -0.3 is 5.11 Å². The first-order valence-electron chi connectivity index (χ1n) is 9.27. The maximum atomic E-state index is 12.8. The molecule has 0 aliphatic heterocycles. The Hall–Kier alpha value is -2.68. The van der Waals surface area contributed by atoms with Crippen LogP contribution in [0.5, 0.6) is 0 Å². The highest BCUT2D eigenvalue weighted by Gasteiger charge is 2.32. The minimum absolute atomic E-state index is 0.00265. The molecule has 26 heavy (non-hydrogen) atoms. The number of allylic oxidation sites excluding steroid dienone is 2. The molecule has 134 valence electrons. The SMILES string of the molecule is CCC/C(O)=C1/C(=O)CC(c2ccccc2)CC1=NCc1ccccc1. The molecule has 2 aromatic carbocycles. The van der Waals surface area contributed by atoms with Gasteiger partial charge in [0.2, 0.25) is 0 Å². The Labute approximate surface area is 155 Å². The zero-order chi connectivity index (χ0) is 18.4. The molecule has 1 N–H and O–H groups in total. The van der Waals surface area contributed by atoms with Gasteiger partial charge in [-0.25, -0.2) is 0 Å². The van der Waals surface area contributed by atoms with E-state index in [9.17, 15) is 9.90 Å². The van der Waals surface area contributed by atoms with Crippen LogP contribution in [-0.4, -0.2) is 16.6 Å². The lowest BCUT2D eigenvalue weighted by molar-refractivity contribution is -0.116. The molecule has 1 aliphatic carbocycles. The highest BCUT2D eigenvalue weighted by Crippen LogP contribution is 2.33. The van der Waals surface area contributed by atoms with Crippen LogP contribution in [0.2, 0.25) is 0 Å². The van der Waals surface area contributed by atoms with E-state index in [0.717, 1.165) is 23.3 Å². The predicted molar refractivity (Wildman–Crippen MR) is 106 cm³/mol. The molecule has 3 rings (SSSR count). The Bertz CT molecular complexity index is 807. The normalized spacial score (nSPS) is 21.0. The van der Waals surface area contributed by atoms with E-state index < -0.39 is 0 Å². The van der Waals surface area contributed by atoms with Crippen molar-refractivity contribution in [3.05, 3.63) is 83.1 Å². The molecule has 0 spiro atoms. The summed E-state index contributed by atoms with van der Waals surface area (Å²) in [5.74, 6) is 0.315. The molecule has 1 atom stereocenters. The van der Waals surface area contributed by atoms with E-state index in [2.05, 4.69) is 12.1 Å². The van der Waals surface area contributed by atoms with Crippen molar-refractivity contribution in [2.75, 3.05) is 0 Å². The third-order valence-corrected chi connectivity index (χ3v) is 4.78. The Morgan fingerprint density at radius 1 is 1.04 bits per heavy atom. The third kappa shape index (κ3) is 4.29. The maximum Gasteiger partial charge on any atom is 0.168 e. The lowest BCUT2D eigenvalue weighted by atomic mass is 9.78. The van der Waals surface area contributed by atoms with Gasteiger partial charge in [0.25, 0.3) is 0 Å². The second kappa shape index (κ2) is 8.61. The van der Waals surface area contributed by atoms with Crippen LogP contribution in [0.1, 0.15) is 49.7 Å². The molecule has 0 saturated heterocycles. The fourth-order valence-corrected chi connectivity index (χ4v) is 3.46. The summed E-state index contributed by atoms with van der Waals surface area (Å²) in [5, 5.41) is 10.4. The summed E-state index contributed by atoms with van der Waals surface area (Å²) in [6, 6.07) is 20.1. The quantitative estimate of drug-likeness (QED) is 0.582. The van der Waals surface area contributed by atoms with Crippen molar-refractivity contribution in [2.45, 2.75) is 45.1 Å². The number of rotatable bonds is 5. The Morgan fingerprint density at radius 3 is 2.35 bits per heavy atom. The summed E-state index contributed by atoms with van der Waals surface area (Å²) in [4.78, 5) is 17.6.